The van der Waals surface area contributed by atoms with Gasteiger partial charge in [0.2, 0.25) is 0 Å². The lowest BCUT2D eigenvalue weighted by Gasteiger charge is -2.31. The van der Waals surface area contributed by atoms with Gasteiger partial charge in [-0.15, -0.1) is 11.3 Å². The molecule has 19 heavy (non-hydrogen) atoms. The molecule has 106 valence electrons. The molecule has 1 aliphatic rings. The first-order valence-electron chi connectivity index (χ1n) is 7.23. The molecule has 4 heteroatoms. The molecule has 3 atom stereocenters. The summed E-state index contributed by atoms with van der Waals surface area (Å²) in [4.78, 5) is 12.5. The Balaban J connectivity index is 1.95. The number of carboxylic acids is 1. The van der Waals surface area contributed by atoms with Gasteiger partial charge in [0, 0.05) is 17.0 Å². The van der Waals surface area contributed by atoms with Gasteiger partial charge in [0.05, 0.1) is 5.92 Å². The fraction of sp³-hybridized carbons (Fsp3) is 0.667. The number of rotatable bonds is 6. The van der Waals surface area contributed by atoms with Crippen molar-refractivity contribution in [2.24, 2.45) is 5.92 Å². The number of aliphatic carboxylic acids is 1. The maximum atomic E-state index is 11.1. The molecule has 0 amide bonds. The van der Waals surface area contributed by atoms with E-state index in [1.54, 1.807) is 11.3 Å². The Labute approximate surface area is 119 Å². The summed E-state index contributed by atoms with van der Waals surface area (Å²) < 4.78 is 0. The fourth-order valence-corrected chi connectivity index (χ4v) is 3.76. The normalized spacial score (nSPS) is 25.1. The highest BCUT2D eigenvalue weighted by molar-refractivity contribution is 7.10. The van der Waals surface area contributed by atoms with Gasteiger partial charge in [0.15, 0.2) is 0 Å². The standard InChI is InChI=1S/C15H23NO2S/c1-2-5-13(14-8-4-9-19-14)16-12-7-3-6-11(10-12)15(17)18/h4,8-9,11-13,16H,2-3,5-7,10H2,1H3,(H,17,18). The first kappa shape index (κ1) is 14.5. The average Bonchev–Trinajstić information content (AvgIpc) is 2.92. The summed E-state index contributed by atoms with van der Waals surface area (Å²) in [5, 5.41) is 15.0. The zero-order valence-corrected chi connectivity index (χ0v) is 12.3. The molecule has 0 aromatic carbocycles. The highest BCUT2D eigenvalue weighted by Gasteiger charge is 2.28. The molecule has 2 N–H and O–H groups in total. The van der Waals surface area contributed by atoms with E-state index < -0.39 is 5.97 Å². The van der Waals surface area contributed by atoms with Crippen molar-refractivity contribution < 1.29 is 9.90 Å². The Morgan fingerprint density at radius 1 is 1.58 bits per heavy atom. The molecular formula is C15H23NO2S. The van der Waals surface area contributed by atoms with Crippen LogP contribution in [0.3, 0.4) is 0 Å². The minimum atomic E-state index is -0.630. The summed E-state index contributed by atoms with van der Waals surface area (Å²) in [6, 6.07) is 5.01. The first-order chi connectivity index (χ1) is 9.20. The number of hydrogen-bond donors (Lipinski definition) is 2. The van der Waals surface area contributed by atoms with E-state index in [4.69, 9.17) is 5.11 Å². The monoisotopic (exact) mass is 281 g/mol. The summed E-state index contributed by atoms with van der Waals surface area (Å²) >= 11 is 1.79. The van der Waals surface area contributed by atoms with Crippen LogP contribution in [0.4, 0.5) is 0 Å². The molecule has 1 aliphatic carbocycles. The second-order valence-electron chi connectivity index (χ2n) is 5.42. The van der Waals surface area contributed by atoms with E-state index in [-0.39, 0.29) is 5.92 Å². The van der Waals surface area contributed by atoms with Gasteiger partial charge in [-0.1, -0.05) is 25.8 Å². The van der Waals surface area contributed by atoms with Gasteiger partial charge in [-0.05, 0) is 37.1 Å². The van der Waals surface area contributed by atoms with E-state index in [2.05, 4.69) is 29.8 Å². The van der Waals surface area contributed by atoms with Crippen molar-refractivity contribution in [3.8, 4) is 0 Å². The minimum absolute atomic E-state index is 0.156. The maximum absolute atomic E-state index is 11.1. The van der Waals surface area contributed by atoms with E-state index in [0.29, 0.717) is 12.1 Å². The summed E-state index contributed by atoms with van der Waals surface area (Å²) in [5.41, 5.74) is 0. The van der Waals surface area contributed by atoms with Crippen LogP contribution in [0.1, 0.15) is 56.4 Å². The second-order valence-corrected chi connectivity index (χ2v) is 6.40. The van der Waals surface area contributed by atoms with Crippen molar-refractivity contribution in [3.63, 3.8) is 0 Å². The topological polar surface area (TPSA) is 49.3 Å². The van der Waals surface area contributed by atoms with E-state index in [1.807, 2.05) is 0 Å². The molecule has 1 aromatic heterocycles. The zero-order chi connectivity index (χ0) is 13.7. The number of nitrogens with one attached hydrogen (secondary N) is 1. The van der Waals surface area contributed by atoms with Crippen LogP contribution >= 0.6 is 11.3 Å². The summed E-state index contributed by atoms with van der Waals surface area (Å²) in [5.74, 6) is -0.786. The highest BCUT2D eigenvalue weighted by Crippen LogP contribution is 2.29. The Bertz CT molecular complexity index is 391. The van der Waals surface area contributed by atoms with Crippen LogP contribution in [0.25, 0.3) is 0 Å². The van der Waals surface area contributed by atoms with Gasteiger partial charge < -0.3 is 10.4 Å². The Kier molecular flexibility index (Phi) is 5.40. The molecule has 0 bridgehead atoms. The van der Waals surface area contributed by atoms with Gasteiger partial charge in [-0.2, -0.15) is 0 Å². The quantitative estimate of drug-likeness (QED) is 0.833. The average molecular weight is 281 g/mol. The maximum Gasteiger partial charge on any atom is 0.306 e. The highest BCUT2D eigenvalue weighted by atomic mass is 32.1. The number of carboxylic acid groups (broad SMARTS) is 1. The lowest BCUT2D eigenvalue weighted by Crippen LogP contribution is -2.38. The van der Waals surface area contributed by atoms with Crippen molar-refractivity contribution >= 4 is 17.3 Å². The van der Waals surface area contributed by atoms with Crippen molar-refractivity contribution in [1.82, 2.24) is 5.32 Å². The molecule has 1 fully saturated rings. The SMILES string of the molecule is CCCC(NC1CCCC(C(=O)O)C1)c1cccs1. The molecule has 0 aliphatic heterocycles. The summed E-state index contributed by atoms with van der Waals surface area (Å²) in [6.45, 7) is 2.20. The van der Waals surface area contributed by atoms with Crippen LogP contribution in [0.15, 0.2) is 17.5 Å². The van der Waals surface area contributed by atoms with Crippen LogP contribution in [0.5, 0.6) is 0 Å². The van der Waals surface area contributed by atoms with Crippen LogP contribution < -0.4 is 5.32 Å². The van der Waals surface area contributed by atoms with E-state index in [1.165, 1.54) is 4.88 Å². The third kappa shape index (κ3) is 4.05. The molecule has 1 heterocycles. The van der Waals surface area contributed by atoms with E-state index in [9.17, 15) is 4.79 Å². The summed E-state index contributed by atoms with van der Waals surface area (Å²) in [6.07, 6.45) is 6.01. The lowest BCUT2D eigenvalue weighted by molar-refractivity contribution is -0.143. The molecule has 0 saturated heterocycles. The van der Waals surface area contributed by atoms with E-state index in [0.717, 1.165) is 38.5 Å². The largest absolute Gasteiger partial charge is 0.481 e. The van der Waals surface area contributed by atoms with Gasteiger partial charge in [0.1, 0.15) is 0 Å². The van der Waals surface area contributed by atoms with Gasteiger partial charge >= 0.3 is 5.97 Å². The molecule has 0 radical (unpaired) electrons. The number of carbonyl (C=O) groups is 1. The Hall–Kier alpha value is -0.870. The lowest BCUT2D eigenvalue weighted by atomic mass is 9.85. The van der Waals surface area contributed by atoms with Crippen molar-refractivity contribution in [3.05, 3.63) is 22.4 Å². The third-order valence-corrected chi connectivity index (χ3v) is 4.91. The third-order valence-electron chi connectivity index (χ3n) is 3.92. The number of hydrogen-bond acceptors (Lipinski definition) is 3. The van der Waals surface area contributed by atoms with Crippen molar-refractivity contribution in [2.45, 2.75) is 57.5 Å². The molecule has 3 nitrogen and oxygen atoms in total. The predicted molar refractivity (Wildman–Crippen MR) is 78.5 cm³/mol. The van der Waals surface area contributed by atoms with Crippen molar-refractivity contribution in [2.75, 3.05) is 0 Å². The van der Waals surface area contributed by atoms with Crippen LogP contribution in [-0.2, 0) is 4.79 Å². The van der Waals surface area contributed by atoms with Gasteiger partial charge in [0.25, 0.3) is 0 Å². The number of thiophene rings is 1. The summed E-state index contributed by atoms with van der Waals surface area (Å²) in [7, 11) is 0. The fourth-order valence-electron chi connectivity index (χ4n) is 2.94. The van der Waals surface area contributed by atoms with Gasteiger partial charge in [-0.3, -0.25) is 4.79 Å². The molecule has 2 rings (SSSR count). The predicted octanol–water partition coefficient (Wildman–Crippen LogP) is 3.82. The van der Waals surface area contributed by atoms with Gasteiger partial charge in [-0.25, -0.2) is 0 Å². The first-order valence-corrected chi connectivity index (χ1v) is 8.11. The van der Waals surface area contributed by atoms with Crippen LogP contribution in [-0.4, -0.2) is 17.1 Å². The molecule has 1 saturated carbocycles. The second kappa shape index (κ2) is 7.06. The Morgan fingerprint density at radius 2 is 2.42 bits per heavy atom. The smallest absolute Gasteiger partial charge is 0.306 e. The minimum Gasteiger partial charge on any atom is -0.481 e. The molecule has 1 aromatic rings. The van der Waals surface area contributed by atoms with Crippen molar-refractivity contribution in [1.29, 1.82) is 0 Å². The van der Waals surface area contributed by atoms with Crippen LogP contribution in [0.2, 0.25) is 0 Å². The van der Waals surface area contributed by atoms with E-state index >= 15 is 0 Å². The molecular weight excluding hydrogens is 258 g/mol. The Morgan fingerprint density at radius 3 is 3.05 bits per heavy atom. The van der Waals surface area contributed by atoms with Crippen LogP contribution in [0, 0.1) is 5.92 Å². The molecule has 0 spiro atoms. The zero-order valence-electron chi connectivity index (χ0n) is 11.5. The molecule has 3 unspecified atom stereocenters.